The number of ether oxygens (including phenoxy) is 1. The third-order valence-electron chi connectivity index (χ3n) is 3.77. The van der Waals surface area contributed by atoms with Gasteiger partial charge in [-0.05, 0) is 56.2 Å². The summed E-state index contributed by atoms with van der Waals surface area (Å²) in [4.78, 5) is 12.3. The van der Waals surface area contributed by atoms with Crippen molar-refractivity contribution in [3.05, 3.63) is 52.5 Å². The number of rotatable bonds is 6. The minimum absolute atomic E-state index is 0.0157. The number of aryl methyl sites for hydroxylation is 2. The Morgan fingerprint density at radius 1 is 1.15 bits per heavy atom. The van der Waals surface area contributed by atoms with Gasteiger partial charge in [0.2, 0.25) is 15.9 Å². The number of hydrogen-bond donors (Lipinski definition) is 2. The average Bonchev–Trinajstić information content (AvgIpc) is 2.57. The van der Waals surface area contributed by atoms with E-state index in [0.717, 1.165) is 11.1 Å². The van der Waals surface area contributed by atoms with Crippen LogP contribution in [0.3, 0.4) is 0 Å². The van der Waals surface area contributed by atoms with Crippen LogP contribution in [0.4, 0.5) is 5.69 Å². The van der Waals surface area contributed by atoms with Gasteiger partial charge >= 0.3 is 0 Å². The number of methoxy groups -OCH3 is 1. The molecule has 1 atom stereocenters. The number of anilines is 1. The molecule has 0 fully saturated rings. The molecule has 6 nitrogen and oxygen atoms in total. The van der Waals surface area contributed by atoms with Crippen LogP contribution in [-0.4, -0.2) is 27.5 Å². The van der Waals surface area contributed by atoms with E-state index in [2.05, 4.69) is 10.0 Å². The van der Waals surface area contributed by atoms with Crippen molar-refractivity contribution in [1.82, 2.24) is 4.72 Å². The second-order valence-corrected chi connectivity index (χ2v) is 8.04. The lowest BCUT2D eigenvalue weighted by Crippen LogP contribution is -2.41. The molecule has 0 heterocycles. The zero-order valence-corrected chi connectivity index (χ0v) is 16.5. The molecule has 0 bridgehead atoms. The number of halogens is 1. The highest BCUT2D eigenvalue weighted by molar-refractivity contribution is 7.89. The highest BCUT2D eigenvalue weighted by Crippen LogP contribution is 2.25. The van der Waals surface area contributed by atoms with Crippen molar-refractivity contribution in [3.63, 3.8) is 0 Å². The lowest BCUT2D eigenvalue weighted by atomic mass is 10.2. The summed E-state index contributed by atoms with van der Waals surface area (Å²) in [6, 6.07) is 8.89. The molecule has 0 radical (unpaired) electrons. The van der Waals surface area contributed by atoms with Crippen LogP contribution in [0.1, 0.15) is 18.1 Å². The Morgan fingerprint density at radius 2 is 1.85 bits per heavy atom. The molecule has 0 aliphatic rings. The average molecular weight is 397 g/mol. The maximum Gasteiger partial charge on any atom is 0.244 e. The summed E-state index contributed by atoms with van der Waals surface area (Å²) in [5.41, 5.74) is 2.13. The monoisotopic (exact) mass is 396 g/mol. The molecule has 0 saturated carbocycles. The topological polar surface area (TPSA) is 84.5 Å². The van der Waals surface area contributed by atoms with E-state index in [4.69, 9.17) is 16.3 Å². The van der Waals surface area contributed by atoms with E-state index in [1.807, 2.05) is 6.92 Å². The van der Waals surface area contributed by atoms with Crippen LogP contribution in [0.2, 0.25) is 5.02 Å². The largest absolute Gasteiger partial charge is 0.495 e. The Balaban J connectivity index is 2.17. The highest BCUT2D eigenvalue weighted by Gasteiger charge is 2.25. The van der Waals surface area contributed by atoms with E-state index in [1.165, 1.54) is 20.1 Å². The van der Waals surface area contributed by atoms with Crippen LogP contribution in [-0.2, 0) is 14.8 Å². The number of nitrogens with one attached hydrogen (secondary N) is 2. The van der Waals surface area contributed by atoms with Crippen molar-refractivity contribution in [3.8, 4) is 5.75 Å². The Hall–Kier alpha value is -2.09. The van der Waals surface area contributed by atoms with E-state index >= 15 is 0 Å². The van der Waals surface area contributed by atoms with E-state index < -0.39 is 22.0 Å². The summed E-state index contributed by atoms with van der Waals surface area (Å²) in [6.45, 7) is 5.08. The molecule has 0 aliphatic heterocycles. The van der Waals surface area contributed by atoms with Crippen LogP contribution >= 0.6 is 11.6 Å². The summed E-state index contributed by atoms with van der Waals surface area (Å²) in [5, 5.41) is 3.16. The first-order valence-electron chi connectivity index (χ1n) is 7.88. The number of carbonyl (C=O) groups is 1. The molecule has 2 N–H and O–H groups in total. The van der Waals surface area contributed by atoms with Crippen molar-refractivity contribution in [2.75, 3.05) is 12.4 Å². The van der Waals surface area contributed by atoms with Gasteiger partial charge in [0.15, 0.2) is 0 Å². The van der Waals surface area contributed by atoms with Gasteiger partial charge in [0, 0.05) is 10.7 Å². The van der Waals surface area contributed by atoms with E-state index in [-0.39, 0.29) is 10.6 Å². The summed E-state index contributed by atoms with van der Waals surface area (Å²) in [5.74, 6) is -0.291. The molecule has 0 aliphatic carbocycles. The van der Waals surface area contributed by atoms with E-state index in [1.54, 1.807) is 37.3 Å². The first-order valence-corrected chi connectivity index (χ1v) is 9.74. The van der Waals surface area contributed by atoms with Crippen molar-refractivity contribution in [2.24, 2.45) is 0 Å². The van der Waals surface area contributed by atoms with Crippen molar-refractivity contribution >= 4 is 33.2 Å². The maximum absolute atomic E-state index is 12.6. The molecule has 140 valence electrons. The SMILES string of the molecule is COc1ccc(C)cc1S(=O)(=O)N[C@H](C)C(=O)Nc1ccc(C)c(Cl)c1. The molecule has 2 aromatic carbocycles. The van der Waals surface area contributed by atoms with Crippen molar-refractivity contribution in [2.45, 2.75) is 31.7 Å². The molecule has 0 unspecified atom stereocenters. The molecule has 26 heavy (non-hydrogen) atoms. The molecule has 2 aromatic rings. The third-order valence-corrected chi connectivity index (χ3v) is 5.74. The fourth-order valence-corrected chi connectivity index (χ4v) is 3.90. The van der Waals surface area contributed by atoms with Gasteiger partial charge in [-0.1, -0.05) is 23.7 Å². The first-order chi connectivity index (χ1) is 12.1. The molecule has 0 spiro atoms. The number of amides is 1. The Morgan fingerprint density at radius 3 is 2.46 bits per heavy atom. The quantitative estimate of drug-likeness (QED) is 0.784. The van der Waals surface area contributed by atoms with Gasteiger partial charge in [-0.25, -0.2) is 8.42 Å². The molecular formula is C18H21ClN2O4S. The normalized spacial score (nSPS) is 12.5. The fraction of sp³-hybridized carbons (Fsp3) is 0.278. The summed E-state index contributed by atoms with van der Waals surface area (Å²) in [7, 11) is -2.55. The Bertz CT molecular complexity index is 929. The smallest absolute Gasteiger partial charge is 0.244 e. The number of sulfonamides is 1. The highest BCUT2D eigenvalue weighted by atomic mass is 35.5. The van der Waals surface area contributed by atoms with Gasteiger partial charge in [0.05, 0.1) is 13.2 Å². The van der Waals surface area contributed by atoms with Crippen LogP contribution in [0.25, 0.3) is 0 Å². The number of benzene rings is 2. The molecule has 0 saturated heterocycles. The Kier molecular flexibility index (Phi) is 6.28. The van der Waals surface area contributed by atoms with Crippen LogP contribution in [0.5, 0.6) is 5.75 Å². The second kappa shape index (κ2) is 8.07. The van der Waals surface area contributed by atoms with Crippen LogP contribution in [0, 0.1) is 13.8 Å². The number of carbonyl (C=O) groups excluding carboxylic acids is 1. The van der Waals surface area contributed by atoms with Crippen LogP contribution < -0.4 is 14.8 Å². The van der Waals surface area contributed by atoms with E-state index in [9.17, 15) is 13.2 Å². The van der Waals surface area contributed by atoms with Crippen LogP contribution in [0.15, 0.2) is 41.3 Å². The Labute approximate surface area is 158 Å². The lowest BCUT2D eigenvalue weighted by Gasteiger charge is -2.16. The standard InChI is InChI=1S/C18H21ClN2O4S/c1-11-5-8-16(25-4)17(9-11)26(23,24)21-13(3)18(22)20-14-7-6-12(2)15(19)10-14/h5-10,13,21H,1-4H3,(H,20,22)/t13-/m1/s1. The first kappa shape index (κ1) is 20.2. The molecule has 8 heteroatoms. The molecular weight excluding hydrogens is 376 g/mol. The van der Waals surface area contributed by atoms with Gasteiger partial charge in [0.25, 0.3) is 0 Å². The lowest BCUT2D eigenvalue weighted by molar-refractivity contribution is -0.117. The van der Waals surface area contributed by atoms with Gasteiger partial charge in [0.1, 0.15) is 10.6 Å². The summed E-state index contributed by atoms with van der Waals surface area (Å²) < 4.78 is 32.8. The second-order valence-electron chi connectivity index (χ2n) is 5.95. The molecule has 0 aromatic heterocycles. The van der Waals surface area contributed by atoms with Gasteiger partial charge in [-0.15, -0.1) is 0 Å². The van der Waals surface area contributed by atoms with Crippen molar-refractivity contribution in [1.29, 1.82) is 0 Å². The van der Waals surface area contributed by atoms with E-state index in [0.29, 0.717) is 10.7 Å². The predicted molar refractivity (Wildman–Crippen MR) is 102 cm³/mol. The van der Waals surface area contributed by atoms with Crippen molar-refractivity contribution < 1.29 is 17.9 Å². The molecule has 2 rings (SSSR count). The van der Waals surface area contributed by atoms with Gasteiger partial charge in [-0.2, -0.15) is 4.72 Å². The predicted octanol–water partition coefficient (Wildman–Crippen LogP) is 3.27. The maximum atomic E-state index is 12.6. The van der Waals surface area contributed by atoms with Gasteiger partial charge < -0.3 is 10.1 Å². The molecule has 1 amide bonds. The fourth-order valence-electron chi connectivity index (χ4n) is 2.26. The minimum Gasteiger partial charge on any atom is -0.495 e. The zero-order valence-electron chi connectivity index (χ0n) is 15.0. The number of hydrogen-bond acceptors (Lipinski definition) is 4. The van der Waals surface area contributed by atoms with Gasteiger partial charge in [-0.3, -0.25) is 4.79 Å². The zero-order chi connectivity index (χ0) is 19.5. The minimum atomic E-state index is -3.94. The summed E-state index contributed by atoms with van der Waals surface area (Å²) >= 11 is 6.03. The summed E-state index contributed by atoms with van der Waals surface area (Å²) in [6.07, 6.45) is 0. The third kappa shape index (κ3) is 4.75.